The topological polar surface area (TPSA) is 38.1 Å². The quantitative estimate of drug-likeness (QED) is 0.517. The van der Waals surface area contributed by atoms with Crippen LogP contribution in [0, 0.1) is 6.92 Å². The van der Waals surface area contributed by atoms with Crippen molar-refractivity contribution in [3.05, 3.63) is 52.1 Å². The molecular weight excluding hydrogens is 278 g/mol. The Hall–Kier alpha value is -1.78. The molecule has 2 aromatic heterocycles. The van der Waals surface area contributed by atoms with Crippen molar-refractivity contribution >= 4 is 45.2 Å². The summed E-state index contributed by atoms with van der Waals surface area (Å²) in [5.74, 6) is 0. The molecule has 2 heterocycles. The van der Waals surface area contributed by atoms with E-state index in [4.69, 9.17) is 11.6 Å². The fourth-order valence-corrected chi connectivity index (χ4v) is 2.53. The molecule has 0 atom stereocenters. The molecule has 0 aliphatic carbocycles. The number of halogens is 1. The number of fused-ring (bicyclic) bond motifs is 1. The molecule has 0 spiro atoms. The Kier molecular flexibility index (Phi) is 3.27. The first-order valence-electron chi connectivity index (χ1n) is 5.74. The van der Waals surface area contributed by atoms with E-state index in [0.717, 1.165) is 26.5 Å². The Bertz CT molecular complexity index is 764. The minimum absolute atomic E-state index is 0.454. The normalized spacial score (nSPS) is 11.5. The summed E-state index contributed by atoms with van der Waals surface area (Å²) in [5, 5.41) is 2.22. The van der Waals surface area contributed by atoms with Crippen molar-refractivity contribution in [2.75, 3.05) is 0 Å². The molecule has 3 aromatic rings. The van der Waals surface area contributed by atoms with Gasteiger partial charge in [0.15, 0.2) is 0 Å². The van der Waals surface area contributed by atoms with Crippen LogP contribution in [0.2, 0.25) is 5.15 Å². The third kappa shape index (κ3) is 2.64. The van der Waals surface area contributed by atoms with Crippen LogP contribution < -0.4 is 0 Å². The van der Waals surface area contributed by atoms with Gasteiger partial charge in [-0.15, -0.1) is 11.3 Å². The first-order chi connectivity index (χ1) is 9.22. The molecule has 0 amide bonds. The monoisotopic (exact) mass is 287 g/mol. The average molecular weight is 288 g/mol. The van der Waals surface area contributed by atoms with Crippen LogP contribution in [-0.4, -0.2) is 16.2 Å². The van der Waals surface area contributed by atoms with Crippen LogP contribution in [-0.2, 0) is 0 Å². The molecule has 0 radical (unpaired) electrons. The molecule has 0 saturated heterocycles. The summed E-state index contributed by atoms with van der Waals surface area (Å²) in [6.45, 7) is 2.00. The Labute approximate surface area is 119 Å². The maximum absolute atomic E-state index is 6.16. The number of hydrogen-bond donors (Lipinski definition) is 0. The molecule has 0 fully saturated rings. The number of aromatic nitrogens is 2. The highest BCUT2D eigenvalue weighted by molar-refractivity contribution is 7.15. The minimum atomic E-state index is 0.454. The van der Waals surface area contributed by atoms with E-state index >= 15 is 0 Å². The van der Waals surface area contributed by atoms with E-state index in [2.05, 4.69) is 15.0 Å². The van der Waals surface area contributed by atoms with Gasteiger partial charge >= 0.3 is 0 Å². The Morgan fingerprint density at radius 2 is 2.16 bits per heavy atom. The number of aliphatic imine (C=N–C) groups is 1. The van der Waals surface area contributed by atoms with E-state index in [1.807, 2.05) is 37.3 Å². The summed E-state index contributed by atoms with van der Waals surface area (Å²) in [6, 6.07) is 9.84. The predicted molar refractivity (Wildman–Crippen MR) is 80.9 cm³/mol. The lowest BCUT2D eigenvalue weighted by molar-refractivity contribution is 1.34. The highest BCUT2D eigenvalue weighted by Gasteiger charge is 2.03. The lowest BCUT2D eigenvalue weighted by Crippen LogP contribution is -1.88. The molecule has 5 heteroatoms. The van der Waals surface area contributed by atoms with Gasteiger partial charge in [-0.05, 0) is 19.1 Å². The second-order valence-electron chi connectivity index (χ2n) is 4.07. The summed E-state index contributed by atoms with van der Waals surface area (Å²) in [6.07, 6.45) is 3.51. The molecule has 0 saturated carbocycles. The highest BCUT2D eigenvalue weighted by Crippen LogP contribution is 2.22. The van der Waals surface area contributed by atoms with Crippen LogP contribution in [0.1, 0.15) is 10.4 Å². The van der Waals surface area contributed by atoms with Crippen LogP contribution >= 0.6 is 22.9 Å². The Morgan fingerprint density at radius 1 is 1.32 bits per heavy atom. The SMILES string of the molecule is Cc1cnc(N=Cc2cc3ccccc3nc2Cl)s1. The zero-order valence-corrected chi connectivity index (χ0v) is 11.7. The van der Waals surface area contributed by atoms with Gasteiger partial charge in [0.25, 0.3) is 0 Å². The van der Waals surface area contributed by atoms with Crippen molar-refractivity contribution < 1.29 is 0 Å². The Morgan fingerprint density at radius 3 is 2.95 bits per heavy atom. The van der Waals surface area contributed by atoms with Crippen LogP contribution in [0.3, 0.4) is 0 Å². The molecule has 19 heavy (non-hydrogen) atoms. The zero-order valence-electron chi connectivity index (χ0n) is 10.2. The molecule has 0 bridgehead atoms. The van der Waals surface area contributed by atoms with Crippen LogP contribution in [0.15, 0.2) is 41.5 Å². The van der Waals surface area contributed by atoms with Crippen molar-refractivity contribution in [3.63, 3.8) is 0 Å². The second-order valence-corrected chi connectivity index (χ2v) is 5.64. The standard InChI is InChI=1S/C14H10ClN3S/c1-9-7-16-14(19-9)17-8-11-6-10-4-2-3-5-12(10)18-13(11)15/h2-8H,1H3. The van der Waals surface area contributed by atoms with Crippen molar-refractivity contribution in [3.8, 4) is 0 Å². The van der Waals surface area contributed by atoms with E-state index in [1.54, 1.807) is 23.7 Å². The first-order valence-corrected chi connectivity index (χ1v) is 6.93. The summed E-state index contributed by atoms with van der Waals surface area (Å²) >= 11 is 7.70. The smallest absolute Gasteiger partial charge is 0.209 e. The molecule has 3 nitrogen and oxygen atoms in total. The van der Waals surface area contributed by atoms with Gasteiger partial charge in [-0.25, -0.2) is 15.0 Å². The number of rotatable bonds is 2. The predicted octanol–water partition coefficient (Wildman–Crippen LogP) is 4.40. The lowest BCUT2D eigenvalue weighted by Gasteiger charge is -2.00. The van der Waals surface area contributed by atoms with E-state index in [0.29, 0.717) is 5.15 Å². The third-order valence-corrected chi connectivity index (χ3v) is 3.75. The fourth-order valence-electron chi connectivity index (χ4n) is 1.73. The summed E-state index contributed by atoms with van der Waals surface area (Å²) in [4.78, 5) is 14.0. The summed E-state index contributed by atoms with van der Waals surface area (Å²) in [5.41, 5.74) is 1.68. The molecule has 0 N–H and O–H groups in total. The van der Waals surface area contributed by atoms with E-state index in [-0.39, 0.29) is 0 Å². The molecule has 0 unspecified atom stereocenters. The third-order valence-electron chi connectivity index (χ3n) is 2.63. The summed E-state index contributed by atoms with van der Waals surface area (Å²) < 4.78 is 0. The number of thiazole rings is 1. The van der Waals surface area contributed by atoms with Gasteiger partial charge in [0.05, 0.1) is 5.52 Å². The molecule has 1 aromatic carbocycles. The number of pyridine rings is 1. The van der Waals surface area contributed by atoms with Gasteiger partial charge in [0.1, 0.15) is 5.15 Å². The fraction of sp³-hybridized carbons (Fsp3) is 0.0714. The van der Waals surface area contributed by atoms with Gasteiger partial charge in [0, 0.05) is 28.2 Å². The molecule has 0 aliphatic rings. The second kappa shape index (κ2) is 5.07. The molecule has 94 valence electrons. The van der Waals surface area contributed by atoms with Gasteiger partial charge < -0.3 is 0 Å². The lowest BCUT2D eigenvalue weighted by atomic mass is 10.2. The molecule has 3 rings (SSSR count). The van der Waals surface area contributed by atoms with Crippen LogP contribution in [0.5, 0.6) is 0 Å². The van der Waals surface area contributed by atoms with E-state index in [1.165, 1.54) is 0 Å². The first kappa shape index (κ1) is 12.3. The van der Waals surface area contributed by atoms with Crippen molar-refractivity contribution in [2.24, 2.45) is 4.99 Å². The van der Waals surface area contributed by atoms with Gasteiger partial charge in [-0.3, -0.25) is 0 Å². The number of para-hydroxylation sites is 1. The van der Waals surface area contributed by atoms with E-state index < -0.39 is 0 Å². The maximum Gasteiger partial charge on any atom is 0.209 e. The molecular formula is C14H10ClN3S. The minimum Gasteiger partial charge on any atom is -0.235 e. The zero-order chi connectivity index (χ0) is 13.2. The van der Waals surface area contributed by atoms with Crippen LogP contribution in [0.4, 0.5) is 5.13 Å². The van der Waals surface area contributed by atoms with Crippen LogP contribution in [0.25, 0.3) is 10.9 Å². The van der Waals surface area contributed by atoms with Crippen molar-refractivity contribution in [1.29, 1.82) is 0 Å². The number of benzene rings is 1. The average Bonchev–Trinajstić information content (AvgIpc) is 2.82. The molecule has 0 aliphatic heterocycles. The largest absolute Gasteiger partial charge is 0.235 e. The Balaban J connectivity index is 2.00. The van der Waals surface area contributed by atoms with Gasteiger partial charge in [-0.2, -0.15) is 0 Å². The van der Waals surface area contributed by atoms with Crippen molar-refractivity contribution in [2.45, 2.75) is 6.92 Å². The van der Waals surface area contributed by atoms with Gasteiger partial charge in [-0.1, -0.05) is 29.8 Å². The summed E-state index contributed by atoms with van der Waals surface area (Å²) in [7, 11) is 0. The van der Waals surface area contributed by atoms with Crippen molar-refractivity contribution in [1.82, 2.24) is 9.97 Å². The number of aryl methyl sites for hydroxylation is 1. The number of hydrogen-bond acceptors (Lipinski definition) is 4. The maximum atomic E-state index is 6.16. The number of nitrogens with zero attached hydrogens (tertiary/aromatic N) is 3. The highest BCUT2D eigenvalue weighted by atomic mass is 35.5. The van der Waals surface area contributed by atoms with E-state index in [9.17, 15) is 0 Å². The van der Waals surface area contributed by atoms with Gasteiger partial charge in [0.2, 0.25) is 5.13 Å².